The van der Waals surface area contributed by atoms with E-state index in [4.69, 9.17) is 11.6 Å². The van der Waals surface area contributed by atoms with Crippen LogP contribution in [0, 0.1) is 0 Å². The van der Waals surface area contributed by atoms with E-state index in [9.17, 15) is 9.59 Å². The molecular formula is C28H27ClN4O2S. The molecule has 0 bridgehead atoms. The van der Waals surface area contributed by atoms with Crippen molar-refractivity contribution in [1.82, 2.24) is 15.5 Å². The highest BCUT2D eigenvalue weighted by molar-refractivity contribution is 7.18. The Bertz CT molecular complexity index is 1290. The molecule has 8 heteroatoms. The average molecular weight is 519 g/mol. The van der Waals surface area contributed by atoms with Crippen molar-refractivity contribution >= 4 is 39.9 Å². The number of amides is 2. The van der Waals surface area contributed by atoms with Gasteiger partial charge in [0.2, 0.25) is 11.0 Å². The van der Waals surface area contributed by atoms with E-state index in [-0.39, 0.29) is 11.8 Å². The number of hydrogen-bond acceptors (Lipinski definition) is 5. The summed E-state index contributed by atoms with van der Waals surface area (Å²) in [5, 5.41) is 15.6. The normalized spacial score (nSPS) is 11.6. The van der Waals surface area contributed by atoms with E-state index < -0.39 is 6.04 Å². The van der Waals surface area contributed by atoms with Crippen LogP contribution in [0.15, 0.2) is 78.9 Å². The Morgan fingerprint density at radius 3 is 2.33 bits per heavy atom. The van der Waals surface area contributed by atoms with Gasteiger partial charge >= 0.3 is 0 Å². The fourth-order valence-electron chi connectivity index (χ4n) is 3.68. The first-order chi connectivity index (χ1) is 17.5. The third-order valence-corrected chi connectivity index (χ3v) is 6.83. The lowest BCUT2D eigenvalue weighted by Gasteiger charge is -2.18. The summed E-state index contributed by atoms with van der Waals surface area (Å²) >= 11 is 7.22. The van der Waals surface area contributed by atoms with Gasteiger partial charge in [0.25, 0.3) is 5.91 Å². The molecule has 1 unspecified atom stereocenters. The van der Waals surface area contributed by atoms with Crippen LogP contribution in [0.1, 0.15) is 41.3 Å². The summed E-state index contributed by atoms with van der Waals surface area (Å²) in [6.07, 6.45) is 3.55. The Morgan fingerprint density at radius 1 is 0.917 bits per heavy atom. The Kier molecular flexibility index (Phi) is 8.81. The number of anilines is 1. The summed E-state index contributed by atoms with van der Waals surface area (Å²) in [5.74, 6) is -0.655. The first kappa shape index (κ1) is 25.5. The Morgan fingerprint density at radius 2 is 1.64 bits per heavy atom. The van der Waals surface area contributed by atoms with Crippen LogP contribution in [0.5, 0.6) is 0 Å². The lowest BCUT2D eigenvalue weighted by atomic mass is 10.0. The van der Waals surface area contributed by atoms with Crippen molar-refractivity contribution in [2.24, 2.45) is 0 Å². The molecule has 0 spiro atoms. The first-order valence-corrected chi connectivity index (χ1v) is 13.1. The van der Waals surface area contributed by atoms with Gasteiger partial charge in [0, 0.05) is 22.6 Å². The maximum Gasteiger partial charge on any atom is 0.251 e. The van der Waals surface area contributed by atoms with Gasteiger partial charge in [0.05, 0.1) is 0 Å². The number of benzene rings is 3. The van der Waals surface area contributed by atoms with E-state index >= 15 is 0 Å². The van der Waals surface area contributed by atoms with Crippen LogP contribution in [0.25, 0.3) is 10.6 Å². The second-order valence-electron chi connectivity index (χ2n) is 8.42. The molecule has 0 fully saturated rings. The number of unbranched alkanes of at least 4 members (excludes halogenated alkanes) is 1. The van der Waals surface area contributed by atoms with Gasteiger partial charge in [-0.05, 0) is 48.2 Å². The van der Waals surface area contributed by atoms with E-state index in [1.807, 2.05) is 54.6 Å². The quantitative estimate of drug-likeness (QED) is 0.262. The summed E-state index contributed by atoms with van der Waals surface area (Å²) in [5.41, 5.74) is 3.50. The highest BCUT2D eigenvalue weighted by Gasteiger charge is 2.23. The maximum absolute atomic E-state index is 13.2. The molecule has 0 radical (unpaired) electrons. The topological polar surface area (TPSA) is 84.0 Å². The number of hydrogen-bond donors (Lipinski definition) is 2. The standard InChI is InChI=1S/C28H27ClN4O2S/c1-2-3-7-19-10-12-21(13-11-19)25(34)30-24(18-20-8-5-4-6-9-20)26(35)31-28-33-32-27(36-28)22-14-16-23(29)17-15-22/h4-6,8-17,24H,2-3,7,18H2,1H3,(H,30,34)(H,31,33,35). The van der Waals surface area contributed by atoms with Gasteiger partial charge in [-0.25, -0.2) is 0 Å². The smallest absolute Gasteiger partial charge is 0.251 e. The monoisotopic (exact) mass is 518 g/mol. The summed E-state index contributed by atoms with van der Waals surface area (Å²) in [6.45, 7) is 2.15. The Labute approximate surface area is 219 Å². The van der Waals surface area contributed by atoms with Crippen LogP contribution in [0.4, 0.5) is 5.13 Å². The third-order valence-electron chi connectivity index (χ3n) is 5.69. The van der Waals surface area contributed by atoms with Crippen LogP contribution >= 0.6 is 22.9 Å². The molecule has 4 rings (SSSR count). The molecule has 0 saturated carbocycles. The molecule has 184 valence electrons. The number of nitrogens with one attached hydrogen (secondary N) is 2. The number of aryl methyl sites for hydroxylation is 1. The number of rotatable bonds is 10. The highest BCUT2D eigenvalue weighted by Crippen LogP contribution is 2.27. The van der Waals surface area contributed by atoms with E-state index in [1.165, 1.54) is 16.9 Å². The van der Waals surface area contributed by atoms with Gasteiger partial charge < -0.3 is 5.32 Å². The summed E-state index contributed by atoms with van der Waals surface area (Å²) in [4.78, 5) is 26.3. The van der Waals surface area contributed by atoms with Crippen molar-refractivity contribution < 1.29 is 9.59 Å². The van der Waals surface area contributed by atoms with Crippen molar-refractivity contribution in [3.8, 4) is 10.6 Å². The van der Waals surface area contributed by atoms with Crippen molar-refractivity contribution in [3.63, 3.8) is 0 Å². The lowest BCUT2D eigenvalue weighted by molar-refractivity contribution is -0.118. The molecule has 0 saturated heterocycles. The predicted molar refractivity (Wildman–Crippen MR) is 145 cm³/mol. The molecule has 1 atom stereocenters. The largest absolute Gasteiger partial charge is 0.340 e. The number of nitrogens with zero attached hydrogens (tertiary/aromatic N) is 2. The minimum atomic E-state index is -0.789. The number of aromatic nitrogens is 2. The number of carbonyl (C=O) groups excluding carboxylic acids is 2. The summed E-state index contributed by atoms with van der Waals surface area (Å²) in [7, 11) is 0. The van der Waals surface area contributed by atoms with Gasteiger partial charge in [0.15, 0.2) is 0 Å². The minimum Gasteiger partial charge on any atom is -0.340 e. The van der Waals surface area contributed by atoms with Gasteiger partial charge in [0.1, 0.15) is 11.0 Å². The molecule has 1 aromatic heterocycles. The minimum absolute atomic E-state index is 0.299. The molecule has 0 aliphatic heterocycles. The fourth-order valence-corrected chi connectivity index (χ4v) is 4.56. The van der Waals surface area contributed by atoms with Crippen LogP contribution in [-0.2, 0) is 17.6 Å². The zero-order valence-electron chi connectivity index (χ0n) is 19.9. The van der Waals surface area contributed by atoms with Gasteiger partial charge in [-0.3, -0.25) is 14.9 Å². The van der Waals surface area contributed by atoms with Crippen molar-refractivity contribution in [2.45, 2.75) is 38.6 Å². The van der Waals surface area contributed by atoms with Crippen molar-refractivity contribution in [3.05, 3.63) is 101 Å². The second-order valence-corrected chi connectivity index (χ2v) is 9.84. The molecule has 1 heterocycles. The summed E-state index contributed by atoms with van der Waals surface area (Å²) in [6, 6.07) is 23.6. The fraction of sp³-hybridized carbons (Fsp3) is 0.214. The molecule has 3 aromatic carbocycles. The maximum atomic E-state index is 13.2. The van der Waals surface area contributed by atoms with Crippen molar-refractivity contribution in [2.75, 3.05) is 5.32 Å². The number of halogens is 1. The second kappa shape index (κ2) is 12.4. The van der Waals surface area contributed by atoms with Crippen molar-refractivity contribution in [1.29, 1.82) is 0 Å². The molecule has 6 nitrogen and oxygen atoms in total. The van der Waals surface area contributed by atoms with Gasteiger partial charge in [-0.15, -0.1) is 10.2 Å². The predicted octanol–water partition coefficient (Wildman–Crippen LogP) is 6.18. The van der Waals surface area contributed by atoms with E-state index in [0.717, 1.165) is 30.4 Å². The molecule has 36 heavy (non-hydrogen) atoms. The van der Waals surface area contributed by atoms with Crippen LogP contribution in [-0.4, -0.2) is 28.1 Å². The zero-order chi connectivity index (χ0) is 25.3. The SMILES string of the molecule is CCCCc1ccc(C(=O)NC(Cc2ccccc2)C(=O)Nc2nnc(-c3ccc(Cl)cc3)s2)cc1. The Hall–Kier alpha value is -3.55. The molecule has 2 N–H and O–H groups in total. The van der Waals surface area contributed by atoms with Gasteiger partial charge in [-0.1, -0.05) is 90.9 Å². The molecule has 0 aliphatic carbocycles. The van der Waals surface area contributed by atoms with Crippen LogP contribution in [0.2, 0.25) is 5.02 Å². The first-order valence-electron chi connectivity index (χ1n) is 11.9. The highest BCUT2D eigenvalue weighted by atomic mass is 35.5. The van der Waals surface area contributed by atoms with E-state index in [2.05, 4.69) is 27.8 Å². The van der Waals surface area contributed by atoms with E-state index in [1.54, 1.807) is 24.3 Å². The zero-order valence-corrected chi connectivity index (χ0v) is 21.5. The third kappa shape index (κ3) is 6.99. The summed E-state index contributed by atoms with van der Waals surface area (Å²) < 4.78 is 0. The number of carbonyl (C=O) groups is 2. The molecule has 2 amide bonds. The lowest BCUT2D eigenvalue weighted by Crippen LogP contribution is -2.45. The van der Waals surface area contributed by atoms with Crippen LogP contribution < -0.4 is 10.6 Å². The van der Waals surface area contributed by atoms with E-state index in [0.29, 0.717) is 27.1 Å². The van der Waals surface area contributed by atoms with Gasteiger partial charge in [-0.2, -0.15) is 0 Å². The average Bonchev–Trinajstić information content (AvgIpc) is 3.36. The Balaban J connectivity index is 1.47. The molecule has 4 aromatic rings. The van der Waals surface area contributed by atoms with Crippen LogP contribution in [0.3, 0.4) is 0 Å². The molecular weight excluding hydrogens is 492 g/mol. The molecule has 0 aliphatic rings.